The van der Waals surface area contributed by atoms with Crippen molar-refractivity contribution in [3.8, 4) is 0 Å². The molecular formula is C14H30N4OS. The van der Waals surface area contributed by atoms with Gasteiger partial charge in [0.05, 0.1) is 0 Å². The number of nitrogens with zero attached hydrogens (tertiary/aromatic N) is 1. The smallest absolute Gasteiger partial charge is 0.245 e. The molecule has 0 aromatic heterocycles. The van der Waals surface area contributed by atoms with Gasteiger partial charge < -0.3 is 16.8 Å². The fourth-order valence-corrected chi connectivity index (χ4v) is 2.20. The van der Waals surface area contributed by atoms with Crippen LogP contribution in [-0.4, -0.2) is 30.2 Å². The van der Waals surface area contributed by atoms with Crippen LogP contribution >= 0.6 is 12.6 Å². The van der Waals surface area contributed by atoms with Crippen LogP contribution in [0.25, 0.3) is 0 Å². The second-order valence-corrected chi connectivity index (χ2v) is 5.38. The zero-order valence-corrected chi connectivity index (χ0v) is 13.5. The summed E-state index contributed by atoms with van der Waals surface area (Å²) in [6.07, 6.45) is 9.98. The summed E-state index contributed by atoms with van der Waals surface area (Å²) >= 11 is 4.07. The average molecular weight is 302 g/mol. The molecule has 0 bridgehead atoms. The van der Waals surface area contributed by atoms with Gasteiger partial charge in [0.2, 0.25) is 5.91 Å². The van der Waals surface area contributed by atoms with Gasteiger partial charge in [-0.25, -0.2) is 4.99 Å². The van der Waals surface area contributed by atoms with Crippen molar-refractivity contribution in [3.63, 3.8) is 0 Å². The lowest BCUT2D eigenvalue weighted by molar-refractivity contribution is -0.121. The number of unbranched alkanes of at least 4 members (excludes halogenated alkanes) is 7. The number of hydrogen-bond donors (Lipinski definition) is 4. The summed E-state index contributed by atoms with van der Waals surface area (Å²) in [6, 6.07) is -0.586. The van der Waals surface area contributed by atoms with E-state index < -0.39 is 6.04 Å². The topological polar surface area (TPSA) is 93.5 Å². The van der Waals surface area contributed by atoms with Gasteiger partial charge in [-0.15, -0.1) is 0 Å². The summed E-state index contributed by atoms with van der Waals surface area (Å²) in [7, 11) is 0. The number of carbonyl (C=O) groups excluding carboxylic acids is 1. The van der Waals surface area contributed by atoms with Gasteiger partial charge in [-0.1, -0.05) is 51.9 Å². The van der Waals surface area contributed by atoms with Crippen LogP contribution in [0.2, 0.25) is 0 Å². The highest BCUT2D eigenvalue weighted by Gasteiger charge is 2.14. The molecule has 0 aliphatic carbocycles. The Kier molecular flexibility index (Phi) is 12.5. The standard InChI is InChI=1S/C14H30N4OS/c1-2-3-4-5-6-7-8-9-10-17-13(19)12(11-20)18-14(15)16/h12,20H,2-11H2,1H3,(H,17,19)(H4,15,16,18)/t12-/m0/s1. The van der Waals surface area contributed by atoms with Gasteiger partial charge in [0.25, 0.3) is 0 Å². The molecule has 5 N–H and O–H groups in total. The maximum atomic E-state index is 11.7. The van der Waals surface area contributed by atoms with Crippen LogP contribution in [0.5, 0.6) is 0 Å². The highest BCUT2D eigenvalue weighted by molar-refractivity contribution is 7.80. The Balaban J connectivity index is 3.54. The number of guanidine groups is 1. The van der Waals surface area contributed by atoms with E-state index in [4.69, 9.17) is 11.5 Å². The lowest BCUT2D eigenvalue weighted by Gasteiger charge is -2.10. The first kappa shape index (κ1) is 19.1. The maximum Gasteiger partial charge on any atom is 0.245 e. The molecule has 0 unspecified atom stereocenters. The van der Waals surface area contributed by atoms with Crippen LogP contribution in [0.1, 0.15) is 58.3 Å². The zero-order valence-electron chi connectivity index (χ0n) is 12.6. The van der Waals surface area contributed by atoms with Crippen molar-refractivity contribution < 1.29 is 4.79 Å². The van der Waals surface area contributed by atoms with E-state index >= 15 is 0 Å². The minimum Gasteiger partial charge on any atom is -0.370 e. The van der Waals surface area contributed by atoms with Crippen LogP contribution in [-0.2, 0) is 4.79 Å². The number of nitrogens with one attached hydrogen (secondary N) is 1. The summed E-state index contributed by atoms with van der Waals surface area (Å²) in [5.74, 6) is 0.0730. The molecule has 0 heterocycles. The molecule has 6 heteroatoms. The summed E-state index contributed by atoms with van der Waals surface area (Å²) in [4.78, 5) is 15.6. The van der Waals surface area contributed by atoms with E-state index in [0.29, 0.717) is 12.3 Å². The van der Waals surface area contributed by atoms with Gasteiger partial charge in [0.15, 0.2) is 5.96 Å². The van der Waals surface area contributed by atoms with Crippen molar-refractivity contribution in [1.82, 2.24) is 5.32 Å². The third kappa shape index (κ3) is 11.0. The van der Waals surface area contributed by atoms with Crippen molar-refractivity contribution in [2.45, 2.75) is 64.3 Å². The molecule has 1 atom stereocenters. The highest BCUT2D eigenvalue weighted by atomic mass is 32.1. The number of aliphatic imine (C=N–C) groups is 1. The van der Waals surface area contributed by atoms with E-state index in [-0.39, 0.29) is 11.9 Å². The van der Waals surface area contributed by atoms with Crippen LogP contribution in [0.3, 0.4) is 0 Å². The minimum atomic E-state index is -0.586. The fraction of sp³-hybridized carbons (Fsp3) is 0.857. The van der Waals surface area contributed by atoms with Crippen LogP contribution in [0.15, 0.2) is 4.99 Å². The lowest BCUT2D eigenvalue weighted by atomic mass is 10.1. The largest absolute Gasteiger partial charge is 0.370 e. The van der Waals surface area contributed by atoms with Crippen LogP contribution in [0.4, 0.5) is 0 Å². The monoisotopic (exact) mass is 302 g/mol. The Morgan fingerprint density at radius 3 is 2.15 bits per heavy atom. The SMILES string of the molecule is CCCCCCCCCCNC(=O)[C@H](CS)N=C(N)N. The molecule has 0 rings (SSSR count). The molecule has 5 nitrogen and oxygen atoms in total. The van der Waals surface area contributed by atoms with Crippen molar-refractivity contribution in [2.75, 3.05) is 12.3 Å². The van der Waals surface area contributed by atoms with Crippen molar-refractivity contribution in [3.05, 3.63) is 0 Å². The van der Waals surface area contributed by atoms with E-state index in [1.165, 1.54) is 38.5 Å². The first-order valence-electron chi connectivity index (χ1n) is 7.59. The molecule has 118 valence electrons. The molecule has 0 fully saturated rings. The summed E-state index contributed by atoms with van der Waals surface area (Å²) < 4.78 is 0. The second-order valence-electron chi connectivity index (χ2n) is 5.02. The fourth-order valence-electron chi connectivity index (χ4n) is 1.95. The highest BCUT2D eigenvalue weighted by Crippen LogP contribution is 2.07. The second kappa shape index (κ2) is 13.1. The van der Waals surface area contributed by atoms with Crippen molar-refractivity contribution in [2.24, 2.45) is 16.5 Å². The van der Waals surface area contributed by atoms with Gasteiger partial charge in [-0.05, 0) is 6.42 Å². The molecular weight excluding hydrogens is 272 g/mol. The molecule has 20 heavy (non-hydrogen) atoms. The summed E-state index contributed by atoms with van der Waals surface area (Å²) in [6.45, 7) is 2.90. The Hall–Kier alpha value is -0.910. The van der Waals surface area contributed by atoms with Gasteiger partial charge in [0, 0.05) is 12.3 Å². The molecule has 1 amide bonds. The van der Waals surface area contributed by atoms with E-state index in [9.17, 15) is 4.79 Å². The number of nitrogens with two attached hydrogens (primary N) is 2. The normalized spacial score (nSPS) is 11.9. The number of hydrogen-bond acceptors (Lipinski definition) is 3. The van der Waals surface area contributed by atoms with Crippen molar-refractivity contribution in [1.29, 1.82) is 0 Å². The molecule has 0 aromatic rings. The molecule has 0 saturated carbocycles. The van der Waals surface area contributed by atoms with Gasteiger partial charge in [-0.2, -0.15) is 12.6 Å². The number of thiol groups is 1. The zero-order chi connectivity index (χ0) is 15.2. The minimum absolute atomic E-state index is 0.0775. The predicted molar refractivity (Wildman–Crippen MR) is 89.1 cm³/mol. The third-order valence-corrected chi connectivity index (χ3v) is 3.46. The molecule has 0 aliphatic rings. The summed E-state index contributed by atoms with van der Waals surface area (Å²) in [5, 5.41) is 2.84. The Bertz CT molecular complexity index is 280. The van der Waals surface area contributed by atoms with E-state index in [2.05, 4.69) is 29.9 Å². The average Bonchev–Trinajstić information content (AvgIpc) is 2.42. The quantitative estimate of drug-likeness (QED) is 0.192. The molecule has 0 saturated heterocycles. The van der Waals surface area contributed by atoms with Crippen LogP contribution in [0, 0.1) is 0 Å². The molecule has 0 aliphatic heterocycles. The van der Waals surface area contributed by atoms with Gasteiger partial charge in [0.1, 0.15) is 6.04 Å². The first-order chi connectivity index (χ1) is 9.61. The summed E-state index contributed by atoms with van der Waals surface area (Å²) in [5.41, 5.74) is 10.5. The predicted octanol–water partition coefficient (Wildman–Crippen LogP) is 1.82. The van der Waals surface area contributed by atoms with Crippen molar-refractivity contribution >= 4 is 24.5 Å². The van der Waals surface area contributed by atoms with E-state index in [1.54, 1.807) is 0 Å². The van der Waals surface area contributed by atoms with E-state index in [1.807, 2.05) is 0 Å². The van der Waals surface area contributed by atoms with Crippen LogP contribution < -0.4 is 16.8 Å². The Labute approximate surface area is 128 Å². The number of amides is 1. The van der Waals surface area contributed by atoms with Gasteiger partial charge in [-0.3, -0.25) is 4.79 Å². The lowest BCUT2D eigenvalue weighted by Crippen LogP contribution is -2.38. The Morgan fingerprint density at radius 1 is 1.10 bits per heavy atom. The number of rotatable bonds is 12. The Morgan fingerprint density at radius 2 is 1.65 bits per heavy atom. The van der Waals surface area contributed by atoms with E-state index in [0.717, 1.165) is 12.8 Å². The molecule has 0 aromatic carbocycles. The van der Waals surface area contributed by atoms with Gasteiger partial charge >= 0.3 is 0 Å². The third-order valence-electron chi connectivity index (χ3n) is 3.11. The first-order valence-corrected chi connectivity index (χ1v) is 8.22. The number of carbonyl (C=O) groups is 1. The maximum absolute atomic E-state index is 11.7. The molecule has 0 spiro atoms. The molecule has 0 radical (unpaired) electrons.